The Kier molecular flexibility index (Phi) is 6.77. The third kappa shape index (κ3) is 5.61. The number of anilines is 1. The molecule has 1 atom stereocenters. The van der Waals surface area contributed by atoms with E-state index >= 15 is 0 Å². The molecule has 3 aromatic rings. The Bertz CT molecular complexity index is 1120. The number of furan rings is 1. The second-order valence-electron chi connectivity index (χ2n) is 8.82. The van der Waals surface area contributed by atoms with Gasteiger partial charge >= 0.3 is 0 Å². The van der Waals surface area contributed by atoms with Gasteiger partial charge in [-0.05, 0) is 42.7 Å². The quantitative estimate of drug-likeness (QED) is 0.598. The third-order valence-electron chi connectivity index (χ3n) is 5.86. The van der Waals surface area contributed by atoms with E-state index in [1.54, 1.807) is 18.2 Å². The fourth-order valence-corrected chi connectivity index (χ4v) is 3.97. The van der Waals surface area contributed by atoms with Gasteiger partial charge in [0.1, 0.15) is 5.58 Å². The number of piperidine rings is 1. The molecule has 0 spiro atoms. The molecule has 1 fully saturated rings. The summed E-state index contributed by atoms with van der Waals surface area (Å²) < 4.78 is 5.60. The molecule has 3 amide bonds. The van der Waals surface area contributed by atoms with Gasteiger partial charge < -0.3 is 20.0 Å². The highest BCUT2D eigenvalue weighted by atomic mass is 16.3. The van der Waals surface area contributed by atoms with E-state index in [-0.39, 0.29) is 41.9 Å². The van der Waals surface area contributed by atoms with E-state index in [9.17, 15) is 14.4 Å². The smallest absolute Gasteiger partial charge is 0.291 e. The maximum absolute atomic E-state index is 12.8. The van der Waals surface area contributed by atoms with E-state index in [1.165, 1.54) is 0 Å². The van der Waals surface area contributed by atoms with Crippen molar-refractivity contribution < 1.29 is 18.8 Å². The van der Waals surface area contributed by atoms with Crippen LogP contribution in [0.5, 0.6) is 0 Å². The van der Waals surface area contributed by atoms with Gasteiger partial charge in [0.2, 0.25) is 11.8 Å². The minimum Gasteiger partial charge on any atom is -0.451 e. The van der Waals surface area contributed by atoms with Crippen molar-refractivity contribution in [3.05, 3.63) is 65.9 Å². The van der Waals surface area contributed by atoms with E-state index in [0.29, 0.717) is 24.4 Å². The molecular formula is C26H29N3O4. The van der Waals surface area contributed by atoms with Gasteiger partial charge in [0, 0.05) is 36.1 Å². The van der Waals surface area contributed by atoms with Crippen molar-refractivity contribution >= 4 is 34.4 Å². The molecule has 2 N–H and O–H groups in total. The van der Waals surface area contributed by atoms with Gasteiger partial charge in [-0.25, -0.2) is 0 Å². The summed E-state index contributed by atoms with van der Waals surface area (Å²) in [5.41, 5.74) is 2.17. The minimum atomic E-state index is -0.321. The highest BCUT2D eigenvalue weighted by molar-refractivity contribution is 6.04. The molecular weight excluding hydrogens is 418 g/mol. The van der Waals surface area contributed by atoms with Crippen LogP contribution in [0.2, 0.25) is 0 Å². The number of nitrogens with zero attached hydrogens (tertiary/aromatic N) is 1. The zero-order valence-electron chi connectivity index (χ0n) is 19.0. The van der Waals surface area contributed by atoms with Crippen LogP contribution < -0.4 is 10.6 Å². The molecule has 1 unspecified atom stereocenters. The Morgan fingerprint density at radius 3 is 2.58 bits per heavy atom. The summed E-state index contributed by atoms with van der Waals surface area (Å²) >= 11 is 0. The zero-order chi connectivity index (χ0) is 23.4. The molecule has 7 heteroatoms. The van der Waals surface area contributed by atoms with Crippen LogP contribution in [0.3, 0.4) is 0 Å². The normalized spacial score (nSPS) is 16.1. The highest BCUT2D eigenvalue weighted by Crippen LogP contribution is 2.20. The van der Waals surface area contributed by atoms with Gasteiger partial charge in [-0.3, -0.25) is 14.4 Å². The SMILES string of the molecule is CC(C)C(=O)NC1CCCN(C(=O)Cc2ccc(NC(=O)c3cc4ccccc4o3)cc2)C1. The molecule has 172 valence electrons. The fourth-order valence-electron chi connectivity index (χ4n) is 3.97. The molecule has 0 aliphatic carbocycles. The maximum Gasteiger partial charge on any atom is 0.291 e. The Morgan fingerprint density at radius 2 is 1.85 bits per heavy atom. The summed E-state index contributed by atoms with van der Waals surface area (Å²) in [6.45, 7) is 4.98. The largest absolute Gasteiger partial charge is 0.451 e. The number of likely N-dealkylation sites (tertiary alicyclic amines) is 1. The van der Waals surface area contributed by atoms with Crippen molar-refractivity contribution in [3.8, 4) is 0 Å². The predicted molar refractivity (Wildman–Crippen MR) is 127 cm³/mol. The van der Waals surface area contributed by atoms with Crippen LogP contribution in [0, 0.1) is 5.92 Å². The van der Waals surface area contributed by atoms with E-state index < -0.39 is 0 Å². The summed E-state index contributed by atoms with van der Waals surface area (Å²) in [4.78, 5) is 39.1. The topological polar surface area (TPSA) is 91.7 Å². The molecule has 1 aromatic heterocycles. The van der Waals surface area contributed by atoms with Crippen LogP contribution in [0.25, 0.3) is 11.0 Å². The molecule has 33 heavy (non-hydrogen) atoms. The van der Waals surface area contributed by atoms with Crippen LogP contribution in [-0.2, 0) is 16.0 Å². The van der Waals surface area contributed by atoms with E-state index in [4.69, 9.17) is 4.42 Å². The van der Waals surface area contributed by atoms with Crippen molar-refractivity contribution in [2.45, 2.75) is 39.2 Å². The average molecular weight is 448 g/mol. The number of fused-ring (bicyclic) bond motifs is 1. The summed E-state index contributed by atoms with van der Waals surface area (Å²) in [7, 11) is 0. The van der Waals surface area contributed by atoms with Crippen molar-refractivity contribution in [1.29, 1.82) is 0 Å². The number of nitrogens with one attached hydrogen (secondary N) is 2. The van der Waals surface area contributed by atoms with Gasteiger partial charge in [-0.2, -0.15) is 0 Å². The molecule has 1 saturated heterocycles. The zero-order valence-corrected chi connectivity index (χ0v) is 19.0. The van der Waals surface area contributed by atoms with E-state index in [2.05, 4.69) is 10.6 Å². The Labute approximate surface area is 193 Å². The number of carbonyl (C=O) groups is 3. The molecule has 0 radical (unpaired) electrons. The number of hydrogen-bond acceptors (Lipinski definition) is 4. The molecule has 2 heterocycles. The summed E-state index contributed by atoms with van der Waals surface area (Å²) in [6, 6.07) is 16.4. The summed E-state index contributed by atoms with van der Waals surface area (Å²) in [5, 5.41) is 6.74. The lowest BCUT2D eigenvalue weighted by atomic mass is 10.0. The summed E-state index contributed by atoms with van der Waals surface area (Å²) in [6.07, 6.45) is 2.05. The minimum absolute atomic E-state index is 0.00781. The first-order valence-electron chi connectivity index (χ1n) is 11.4. The number of hydrogen-bond donors (Lipinski definition) is 2. The van der Waals surface area contributed by atoms with Gasteiger partial charge in [0.25, 0.3) is 5.91 Å². The standard InChI is InChI=1S/C26H29N3O4/c1-17(2)25(31)28-21-7-5-13-29(16-21)24(30)14-18-9-11-20(12-10-18)27-26(32)23-15-19-6-3-4-8-22(19)33-23/h3-4,6,8-12,15,17,21H,5,7,13-14,16H2,1-2H3,(H,27,32)(H,28,31). The van der Waals surface area contributed by atoms with E-state index in [0.717, 1.165) is 23.8 Å². The van der Waals surface area contributed by atoms with Crippen molar-refractivity contribution in [2.75, 3.05) is 18.4 Å². The first kappa shape index (κ1) is 22.6. The monoisotopic (exact) mass is 447 g/mol. The number of carbonyl (C=O) groups excluding carboxylic acids is 3. The lowest BCUT2D eigenvalue weighted by Crippen LogP contribution is -2.50. The molecule has 1 aliphatic rings. The fraction of sp³-hybridized carbons (Fsp3) is 0.346. The first-order chi connectivity index (χ1) is 15.9. The van der Waals surface area contributed by atoms with Crippen LogP contribution in [0.1, 0.15) is 42.8 Å². The maximum atomic E-state index is 12.8. The van der Waals surface area contributed by atoms with Gasteiger partial charge in [-0.15, -0.1) is 0 Å². The number of para-hydroxylation sites is 1. The van der Waals surface area contributed by atoms with Crippen LogP contribution >= 0.6 is 0 Å². The molecule has 2 aromatic carbocycles. The third-order valence-corrected chi connectivity index (χ3v) is 5.86. The van der Waals surface area contributed by atoms with Crippen LogP contribution in [0.15, 0.2) is 59.0 Å². The van der Waals surface area contributed by atoms with Crippen LogP contribution in [-0.4, -0.2) is 41.8 Å². The van der Waals surface area contributed by atoms with Crippen molar-refractivity contribution in [2.24, 2.45) is 5.92 Å². The second-order valence-corrected chi connectivity index (χ2v) is 8.82. The second kappa shape index (κ2) is 9.90. The first-order valence-corrected chi connectivity index (χ1v) is 11.4. The van der Waals surface area contributed by atoms with E-state index in [1.807, 2.05) is 55.1 Å². The molecule has 4 rings (SSSR count). The molecule has 7 nitrogen and oxygen atoms in total. The Hall–Kier alpha value is -3.61. The highest BCUT2D eigenvalue weighted by Gasteiger charge is 2.25. The predicted octanol–water partition coefficient (Wildman–Crippen LogP) is 3.99. The van der Waals surface area contributed by atoms with Gasteiger partial charge in [0.05, 0.1) is 6.42 Å². The summed E-state index contributed by atoms with van der Waals surface area (Å²) in [5.74, 6) is -0.0773. The van der Waals surface area contributed by atoms with Crippen molar-refractivity contribution in [3.63, 3.8) is 0 Å². The molecule has 0 saturated carbocycles. The Morgan fingerprint density at radius 1 is 1.09 bits per heavy atom. The average Bonchev–Trinajstić information content (AvgIpc) is 3.25. The lowest BCUT2D eigenvalue weighted by Gasteiger charge is -2.33. The Balaban J connectivity index is 1.32. The van der Waals surface area contributed by atoms with Crippen LogP contribution in [0.4, 0.5) is 5.69 Å². The number of amides is 3. The number of rotatable bonds is 6. The van der Waals surface area contributed by atoms with Crippen molar-refractivity contribution in [1.82, 2.24) is 10.2 Å². The lowest BCUT2D eigenvalue weighted by molar-refractivity contribution is -0.133. The number of benzene rings is 2. The van der Waals surface area contributed by atoms with Gasteiger partial charge in [0.15, 0.2) is 5.76 Å². The molecule has 0 bridgehead atoms. The molecule has 1 aliphatic heterocycles. The van der Waals surface area contributed by atoms with Gasteiger partial charge in [-0.1, -0.05) is 44.2 Å².